The van der Waals surface area contributed by atoms with Crippen molar-refractivity contribution >= 4 is 10.9 Å². The molecule has 5 nitrogen and oxygen atoms in total. The minimum absolute atomic E-state index is 0.568. The van der Waals surface area contributed by atoms with Crippen LogP contribution in [-0.4, -0.2) is 26.4 Å². The maximum atomic E-state index is 6.20. The van der Waals surface area contributed by atoms with Gasteiger partial charge in [-0.2, -0.15) is 0 Å². The smallest absolute Gasteiger partial charge is 0.129 e. The molecule has 0 unspecified atom stereocenters. The summed E-state index contributed by atoms with van der Waals surface area (Å²) in [5.74, 6) is 1.79. The third kappa shape index (κ3) is 3.74. The van der Waals surface area contributed by atoms with Crippen molar-refractivity contribution in [3.05, 3.63) is 89.1 Å². The molecule has 0 spiro atoms. The fourth-order valence-corrected chi connectivity index (χ4v) is 4.05. The Hall–Kier alpha value is -3.18. The molecule has 1 N–H and O–H groups in total. The number of ether oxygens (including phenoxy) is 1. The van der Waals surface area contributed by atoms with Crippen molar-refractivity contribution in [1.29, 1.82) is 0 Å². The van der Waals surface area contributed by atoms with Crippen molar-refractivity contribution in [3.8, 4) is 5.75 Å². The molecule has 1 aliphatic heterocycles. The second-order valence-electron chi connectivity index (χ2n) is 7.62. The summed E-state index contributed by atoms with van der Waals surface area (Å²) < 4.78 is 6.20. The molecule has 0 fully saturated rings. The van der Waals surface area contributed by atoms with E-state index in [9.17, 15) is 0 Å². The Kier molecular flexibility index (Phi) is 4.74. The number of aryl methyl sites for hydroxylation is 1. The van der Waals surface area contributed by atoms with Crippen molar-refractivity contribution in [1.82, 2.24) is 19.9 Å². The highest BCUT2D eigenvalue weighted by atomic mass is 16.5. The lowest BCUT2D eigenvalue weighted by Gasteiger charge is -2.27. The summed E-state index contributed by atoms with van der Waals surface area (Å²) in [6.45, 7) is 5.28. The van der Waals surface area contributed by atoms with Crippen LogP contribution in [0.3, 0.4) is 0 Å². The van der Waals surface area contributed by atoms with Crippen LogP contribution in [0.15, 0.2) is 60.9 Å². The van der Waals surface area contributed by atoms with Crippen LogP contribution in [0, 0.1) is 6.92 Å². The summed E-state index contributed by atoms with van der Waals surface area (Å²) in [5.41, 5.74) is 5.98. The molecule has 0 aliphatic carbocycles. The van der Waals surface area contributed by atoms with Crippen LogP contribution < -0.4 is 4.74 Å². The Morgan fingerprint density at radius 3 is 2.90 bits per heavy atom. The van der Waals surface area contributed by atoms with Gasteiger partial charge in [-0.05, 0) is 30.2 Å². The van der Waals surface area contributed by atoms with E-state index in [1.165, 1.54) is 27.8 Å². The molecule has 0 amide bonds. The Bertz CT molecular complexity index is 1140. The van der Waals surface area contributed by atoms with E-state index in [2.05, 4.69) is 50.3 Å². The van der Waals surface area contributed by atoms with Crippen molar-refractivity contribution in [3.63, 3.8) is 0 Å². The van der Waals surface area contributed by atoms with Gasteiger partial charge < -0.3 is 9.72 Å². The number of fused-ring (bicyclic) bond motifs is 2. The van der Waals surface area contributed by atoms with Crippen LogP contribution in [0.25, 0.3) is 10.9 Å². The zero-order valence-electron chi connectivity index (χ0n) is 16.6. The quantitative estimate of drug-likeness (QED) is 0.554. The second kappa shape index (κ2) is 7.68. The Labute approximate surface area is 170 Å². The number of aromatic amines is 1. The van der Waals surface area contributed by atoms with Crippen LogP contribution >= 0.6 is 0 Å². The second-order valence-corrected chi connectivity index (χ2v) is 7.62. The summed E-state index contributed by atoms with van der Waals surface area (Å²) in [5, 5.41) is 1.18. The molecule has 2 aromatic heterocycles. The number of hydrogen-bond acceptors (Lipinski definition) is 4. The van der Waals surface area contributed by atoms with E-state index >= 15 is 0 Å². The fraction of sp³-hybridized carbons (Fsp3) is 0.250. The average Bonchev–Trinajstić information content (AvgIpc) is 3.16. The van der Waals surface area contributed by atoms with Gasteiger partial charge in [0.2, 0.25) is 0 Å². The van der Waals surface area contributed by atoms with Crippen LogP contribution in [0.4, 0.5) is 0 Å². The van der Waals surface area contributed by atoms with Crippen molar-refractivity contribution in [2.24, 2.45) is 0 Å². The van der Waals surface area contributed by atoms with Crippen LogP contribution in [0.1, 0.15) is 28.2 Å². The Balaban J connectivity index is 1.37. The van der Waals surface area contributed by atoms with Gasteiger partial charge in [0.15, 0.2) is 0 Å². The largest absolute Gasteiger partial charge is 0.488 e. The predicted octanol–water partition coefficient (Wildman–Crippen LogP) is 4.40. The third-order valence-corrected chi connectivity index (χ3v) is 5.51. The lowest BCUT2D eigenvalue weighted by Crippen LogP contribution is -2.31. The first-order chi connectivity index (χ1) is 14.3. The molecule has 2 aromatic carbocycles. The molecule has 5 heteroatoms. The lowest BCUT2D eigenvalue weighted by molar-refractivity contribution is 0.243. The SMILES string of the molecule is Cc1ncc2c(n1)CCN(Cc1c[nH]c3cccc(OCc4ccccc4)c13)C2. The highest BCUT2D eigenvalue weighted by Gasteiger charge is 2.20. The van der Waals surface area contributed by atoms with Crippen molar-refractivity contribution in [2.75, 3.05) is 6.54 Å². The number of rotatable bonds is 5. The van der Waals surface area contributed by atoms with E-state index < -0.39 is 0 Å². The van der Waals surface area contributed by atoms with E-state index in [0.29, 0.717) is 6.61 Å². The normalized spacial score (nSPS) is 14.1. The highest BCUT2D eigenvalue weighted by molar-refractivity contribution is 5.89. The molecular weight excluding hydrogens is 360 g/mol. The zero-order chi connectivity index (χ0) is 19.6. The van der Waals surface area contributed by atoms with Crippen molar-refractivity contribution in [2.45, 2.75) is 33.0 Å². The first-order valence-electron chi connectivity index (χ1n) is 10.1. The van der Waals surface area contributed by atoms with E-state index in [-0.39, 0.29) is 0 Å². The summed E-state index contributed by atoms with van der Waals surface area (Å²) in [7, 11) is 0. The summed E-state index contributed by atoms with van der Waals surface area (Å²) in [4.78, 5) is 14.8. The van der Waals surface area contributed by atoms with Gasteiger partial charge >= 0.3 is 0 Å². The molecule has 0 atom stereocenters. The summed E-state index contributed by atoms with van der Waals surface area (Å²) in [6.07, 6.45) is 5.06. The van der Waals surface area contributed by atoms with Gasteiger partial charge in [0, 0.05) is 60.6 Å². The van der Waals surface area contributed by atoms with Gasteiger partial charge in [-0.25, -0.2) is 9.97 Å². The minimum atomic E-state index is 0.568. The fourth-order valence-electron chi connectivity index (χ4n) is 4.05. The topological polar surface area (TPSA) is 54.0 Å². The van der Waals surface area contributed by atoms with E-state index in [1.54, 1.807) is 0 Å². The number of H-pyrrole nitrogens is 1. The van der Waals surface area contributed by atoms with Gasteiger partial charge in [-0.15, -0.1) is 0 Å². The zero-order valence-corrected chi connectivity index (χ0v) is 16.6. The summed E-state index contributed by atoms with van der Waals surface area (Å²) >= 11 is 0. The van der Waals surface area contributed by atoms with Gasteiger partial charge in [-0.1, -0.05) is 36.4 Å². The van der Waals surface area contributed by atoms with E-state index in [0.717, 1.165) is 43.1 Å². The molecule has 3 heterocycles. The monoisotopic (exact) mass is 384 g/mol. The standard InChI is InChI=1S/C24H24N4O/c1-17-25-12-19-14-28(11-10-21(19)27-17)15-20-13-26-22-8-5-9-23(24(20)22)29-16-18-6-3-2-4-7-18/h2-9,12-13,26H,10-11,14-16H2,1H3. The molecule has 0 bridgehead atoms. The van der Waals surface area contributed by atoms with E-state index in [4.69, 9.17) is 4.74 Å². The van der Waals surface area contributed by atoms with Crippen LogP contribution in [0.5, 0.6) is 5.75 Å². The number of aromatic nitrogens is 3. The molecule has 5 rings (SSSR count). The Morgan fingerprint density at radius 1 is 1.10 bits per heavy atom. The van der Waals surface area contributed by atoms with Gasteiger partial charge in [0.25, 0.3) is 0 Å². The van der Waals surface area contributed by atoms with Gasteiger partial charge in [-0.3, -0.25) is 4.90 Å². The van der Waals surface area contributed by atoms with Crippen LogP contribution in [0.2, 0.25) is 0 Å². The minimum Gasteiger partial charge on any atom is -0.488 e. The first-order valence-corrected chi connectivity index (χ1v) is 10.1. The molecule has 1 aliphatic rings. The highest BCUT2D eigenvalue weighted by Crippen LogP contribution is 2.31. The molecular formula is C24H24N4O. The molecule has 146 valence electrons. The van der Waals surface area contributed by atoms with Crippen LogP contribution in [-0.2, 0) is 26.1 Å². The van der Waals surface area contributed by atoms with Crippen molar-refractivity contribution < 1.29 is 4.74 Å². The lowest BCUT2D eigenvalue weighted by atomic mass is 10.1. The molecule has 4 aromatic rings. The molecule has 0 saturated carbocycles. The van der Waals surface area contributed by atoms with E-state index in [1.807, 2.05) is 37.4 Å². The number of nitrogens with one attached hydrogen (secondary N) is 1. The maximum Gasteiger partial charge on any atom is 0.129 e. The number of hydrogen-bond donors (Lipinski definition) is 1. The number of benzene rings is 2. The molecule has 0 saturated heterocycles. The third-order valence-electron chi connectivity index (χ3n) is 5.51. The number of nitrogens with zero attached hydrogens (tertiary/aromatic N) is 3. The van der Waals surface area contributed by atoms with Gasteiger partial charge in [0.05, 0.1) is 0 Å². The average molecular weight is 384 g/mol. The summed E-state index contributed by atoms with van der Waals surface area (Å²) in [6, 6.07) is 16.5. The first kappa shape index (κ1) is 17.9. The predicted molar refractivity (Wildman–Crippen MR) is 114 cm³/mol. The molecule has 0 radical (unpaired) electrons. The van der Waals surface area contributed by atoms with Gasteiger partial charge in [0.1, 0.15) is 18.2 Å². The molecule has 29 heavy (non-hydrogen) atoms. The maximum absolute atomic E-state index is 6.20. The Morgan fingerprint density at radius 2 is 2.00 bits per heavy atom.